The topological polar surface area (TPSA) is 105 Å². The van der Waals surface area contributed by atoms with E-state index in [1.807, 2.05) is 0 Å². The van der Waals surface area contributed by atoms with E-state index in [-0.39, 0.29) is 12.1 Å². The van der Waals surface area contributed by atoms with Crippen molar-refractivity contribution < 1.29 is 19.4 Å². The first-order valence-electron chi connectivity index (χ1n) is 6.81. The summed E-state index contributed by atoms with van der Waals surface area (Å²) in [6.07, 6.45) is 1.80. The number of carbonyl (C=O) groups excluding carboxylic acids is 1. The molecular weight excluding hydrogens is 274 g/mol. The summed E-state index contributed by atoms with van der Waals surface area (Å²) in [5.41, 5.74) is 6.30. The van der Waals surface area contributed by atoms with E-state index in [9.17, 15) is 9.59 Å². The highest BCUT2D eigenvalue weighted by Crippen LogP contribution is 2.24. The van der Waals surface area contributed by atoms with E-state index < -0.39 is 12.6 Å². The van der Waals surface area contributed by atoms with Crippen LogP contribution in [-0.2, 0) is 4.79 Å². The Balaban J connectivity index is 2.01. The summed E-state index contributed by atoms with van der Waals surface area (Å²) < 4.78 is 5.15. The lowest BCUT2D eigenvalue weighted by Crippen LogP contribution is -2.47. The van der Waals surface area contributed by atoms with E-state index in [0.29, 0.717) is 24.5 Å². The molecule has 114 valence electrons. The van der Waals surface area contributed by atoms with Crippen LogP contribution in [0.2, 0.25) is 0 Å². The Morgan fingerprint density at radius 2 is 2.19 bits per heavy atom. The number of likely N-dealkylation sites (tertiary alicyclic amines) is 1. The van der Waals surface area contributed by atoms with Gasteiger partial charge in [0, 0.05) is 19.1 Å². The zero-order valence-electron chi connectivity index (χ0n) is 11.6. The van der Waals surface area contributed by atoms with Gasteiger partial charge in [0.15, 0.2) is 6.61 Å². The molecule has 1 heterocycles. The Hall–Kier alpha value is -2.28. The van der Waals surface area contributed by atoms with Crippen LogP contribution >= 0.6 is 0 Å². The molecular formula is C14H19N3O4. The van der Waals surface area contributed by atoms with Crippen molar-refractivity contribution in [1.82, 2.24) is 4.90 Å². The van der Waals surface area contributed by atoms with Gasteiger partial charge in [-0.05, 0) is 25.0 Å². The number of carboxylic acids is 1. The predicted molar refractivity (Wildman–Crippen MR) is 77.4 cm³/mol. The fourth-order valence-corrected chi connectivity index (χ4v) is 2.22. The van der Waals surface area contributed by atoms with Crippen molar-refractivity contribution in [1.29, 1.82) is 0 Å². The van der Waals surface area contributed by atoms with Gasteiger partial charge in [0.1, 0.15) is 5.75 Å². The molecule has 1 saturated heterocycles. The molecule has 0 bridgehead atoms. The molecule has 4 N–H and O–H groups in total. The molecule has 1 aromatic rings. The molecule has 0 saturated carbocycles. The molecule has 21 heavy (non-hydrogen) atoms. The number of nitrogens with zero attached hydrogens (tertiary/aromatic N) is 1. The number of ether oxygens (including phenoxy) is 1. The van der Waals surface area contributed by atoms with Crippen LogP contribution in [0.25, 0.3) is 0 Å². The number of aliphatic carboxylic acids is 1. The monoisotopic (exact) mass is 293 g/mol. The number of piperidine rings is 1. The number of urea groups is 1. The SMILES string of the molecule is NC1CCCN(C(=O)Nc2ccccc2OCC(=O)O)C1. The number of hydrogen-bond acceptors (Lipinski definition) is 4. The second-order valence-electron chi connectivity index (χ2n) is 4.96. The van der Waals surface area contributed by atoms with Gasteiger partial charge in [-0.1, -0.05) is 12.1 Å². The number of nitrogens with two attached hydrogens (primary N) is 1. The van der Waals surface area contributed by atoms with E-state index in [1.54, 1.807) is 29.2 Å². The number of amides is 2. The number of nitrogens with one attached hydrogen (secondary N) is 1. The molecule has 2 amide bonds. The first-order valence-corrected chi connectivity index (χ1v) is 6.81. The number of para-hydroxylation sites is 2. The average Bonchev–Trinajstić information content (AvgIpc) is 2.46. The number of hydrogen-bond donors (Lipinski definition) is 3. The Bertz CT molecular complexity index is 521. The van der Waals surface area contributed by atoms with Crippen LogP contribution in [0.4, 0.5) is 10.5 Å². The zero-order valence-corrected chi connectivity index (χ0v) is 11.6. The maximum absolute atomic E-state index is 12.2. The van der Waals surface area contributed by atoms with E-state index in [1.165, 1.54) is 0 Å². The molecule has 7 nitrogen and oxygen atoms in total. The van der Waals surface area contributed by atoms with Gasteiger partial charge in [-0.3, -0.25) is 0 Å². The molecule has 1 aliphatic heterocycles. The lowest BCUT2D eigenvalue weighted by Gasteiger charge is -2.30. The standard InChI is InChI=1S/C14H19N3O4/c15-10-4-3-7-17(8-10)14(20)16-11-5-1-2-6-12(11)21-9-13(18)19/h1-2,5-6,10H,3-4,7-9,15H2,(H,16,20)(H,18,19). The smallest absolute Gasteiger partial charge is 0.341 e. The lowest BCUT2D eigenvalue weighted by molar-refractivity contribution is -0.139. The maximum atomic E-state index is 12.2. The Kier molecular flexibility index (Phi) is 4.99. The van der Waals surface area contributed by atoms with Gasteiger partial charge < -0.3 is 25.8 Å². The molecule has 7 heteroatoms. The van der Waals surface area contributed by atoms with Crippen molar-refractivity contribution in [2.75, 3.05) is 25.0 Å². The first-order chi connectivity index (χ1) is 10.1. The molecule has 0 aliphatic carbocycles. The van der Waals surface area contributed by atoms with Crippen molar-refractivity contribution in [3.05, 3.63) is 24.3 Å². The van der Waals surface area contributed by atoms with Gasteiger partial charge in [0.25, 0.3) is 0 Å². The molecule has 0 spiro atoms. The number of anilines is 1. The third-order valence-electron chi connectivity index (χ3n) is 3.22. The van der Waals surface area contributed by atoms with Crippen molar-refractivity contribution in [3.8, 4) is 5.75 Å². The van der Waals surface area contributed by atoms with Crippen LogP contribution < -0.4 is 15.8 Å². The van der Waals surface area contributed by atoms with Crippen molar-refractivity contribution in [2.24, 2.45) is 5.73 Å². The van der Waals surface area contributed by atoms with E-state index >= 15 is 0 Å². The van der Waals surface area contributed by atoms with E-state index in [4.69, 9.17) is 15.6 Å². The maximum Gasteiger partial charge on any atom is 0.341 e. The number of benzene rings is 1. The van der Waals surface area contributed by atoms with E-state index in [2.05, 4.69) is 5.32 Å². The number of carbonyl (C=O) groups is 2. The Morgan fingerprint density at radius 1 is 1.43 bits per heavy atom. The minimum absolute atomic E-state index is 0.00278. The second-order valence-corrected chi connectivity index (χ2v) is 4.96. The molecule has 1 unspecified atom stereocenters. The number of carboxylic acid groups (broad SMARTS) is 1. The van der Waals surface area contributed by atoms with Crippen LogP contribution in [0.1, 0.15) is 12.8 Å². The third-order valence-corrected chi connectivity index (χ3v) is 3.22. The largest absolute Gasteiger partial charge is 0.480 e. The van der Waals surface area contributed by atoms with Crippen LogP contribution in [0.3, 0.4) is 0 Å². The molecule has 1 aliphatic rings. The molecule has 0 aromatic heterocycles. The van der Waals surface area contributed by atoms with Crippen molar-refractivity contribution in [3.63, 3.8) is 0 Å². The highest BCUT2D eigenvalue weighted by atomic mass is 16.5. The summed E-state index contributed by atoms with van der Waals surface area (Å²) in [7, 11) is 0. The van der Waals surface area contributed by atoms with Gasteiger partial charge in [-0.15, -0.1) is 0 Å². The van der Waals surface area contributed by atoms with Gasteiger partial charge in [0.2, 0.25) is 0 Å². The summed E-state index contributed by atoms with van der Waals surface area (Å²) in [4.78, 5) is 24.4. The lowest BCUT2D eigenvalue weighted by atomic mass is 10.1. The summed E-state index contributed by atoms with van der Waals surface area (Å²) in [5.74, 6) is -0.743. The number of rotatable bonds is 4. The Morgan fingerprint density at radius 3 is 2.90 bits per heavy atom. The Labute approximate surface area is 122 Å². The fourth-order valence-electron chi connectivity index (χ4n) is 2.22. The molecule has 2 rings (SSSR count). The zero-order chi connectivity index (χ0) is 15.2. The third kappa shape index (κ3) is 4.35. The summed E-state index contributed by atoms with van der Waals surface area (Å²) >= 11 is 0. The minimum Gasteiger partial charge on any atom is -0.480 e. The van der Waals surface area contributed by atoms with Crippen LogP contribution in [0.5, 0.6) is 5.75 Å². The van der Waals surface area contributed by atoms with Gasteiger partial charge in [0.05, 0.1) is 5.69 Å². The van der Waals surface area contributed by atoms with Crippen molar-refractivity contribution in [2.45, 2.75) is 18.9 Å². The van der Waals surface area contributed by atoms with Crippen LogP contribution in [0.15, 0.2) is 24.3 Å². The quantitative estimate of drug-likeness (QED) is 0.771. The summed E-state index contributed by atoms with van der Waals surface area (Å²) in [6.45, 7) is 0.725. The molecule has 1 atom stereocenters. The fraction of sp³-hybridized carbons (Fsp3) is 0.429. The second kappa shape index (κ2) is 6.94. The van der Waals surface area contributed by atoms with Gasteiger partial charge in [-0.25, -0.2) is 9.59 Å². The first kappa shape index (κ1) is 15.1. The van der Waals surface area contributed by atoms with E-state index in [0.717, 1.165) is 12.8 Å². The molecule has 1 aromatic carbocycles. The highest BCUT2D eigenvalue weighted by molar-refractivity contribution is 5.91. The van der Waals surface area contributed by atoms with Crippen molar-refractivity contribution >= 4 is 17.7 Å². The molecule has 1 fully saturated rings. The van der Waals surface area contributed by atoms with Crippen LogP contribution in [0, 0.1) is 0 Å². The highest BCUT2D eigenvalue weighted by Gasteiger charge is 2.21. The van der Waals surface area contributed by atoms with Crippen LogP contribution in [-0.4, -0.2) is 47.7 Å². The summed E-state index contributed by atoms with van der Waals surface area (Å²) in [6, 6.07) is 6.48. The average molecular weight is 293 g/mol. The van der Waals surface area contributed by atoms with Gasteiger partial charge in [-0.2, -0.15) is 0 Å². The molecule has 0 radical (unpaired) electrons. The predicted octanol–water partition coefficient (Wildman–Crippen LogP) is 1.10. The normalized spacial score (nSPS) is 18.1. The van der Waals surface area contributed by atoms with Gasteiger partial charge >= 0.3 is 12.0 Å². The summed E-state index contributed by atoms with van der Waals surface area (Å²) in [5, 5.41) is 11.4. The minimum atomic E-state index is -1.07.